The highest BCUT2D eigenvalue weighted by atomic mass is 16.1. The van der Waals surface area contributed by atoms with Crippen molar-refractivity contribution in [1.82, 2.24) is 0 Å². The van der Waals surface area contributed by atoms with Crippen molar-refractivity contribution in [3.8, 4) is 0 Å². The van der Waals surface area contributed by atoms with Gasteiger partial charge in [0.15, 0.2) is 0 Å². The minimum absolute atomic E-state index is 0.106. The largest absolute Gasteiger partial charge is 0.299 e. The molecule has 0 heterocycles. The topological polar surface area (TPSA) is 17.1 Å². The molecular weight excluding hydrogens is 124 g/mol. The molecule has 1 heteroatoms. The number of hydrogen-bond acceptors (Lipinski definition) is 1. The van der Waals surface area contributed by atoms with Gasteiger partial charge in [-0.05, 0) is 31.1 Å². The molecule has 2 bridgehead atoms. The molecule has 3 fully saturated rings. The zero-order chi connectivity index (χ0) is 7.35. The number of carbonyl (C=O) groups is 1. The fraction of sp³-hybridized carbons (Fsp3) is 0.778. The molecule has 0 aromatic carbocycles. The van der Waals surface area contributed by atoms with Crippen LogP contribution in [0.15, 0.2) is 0 Å². The molecular formula is C9H13O. The molecule has 3 atom stereocenters. The van der Waals surface area contributed by atoms with Gasteiger partial charge >= 0.3 is 0 Å². The molecule has 3 aliphatic carbocycles. The molecule has 0 aromatic heterocycles. The standard InChI is InChI=1S/C9H13O/c1-9(2)6-3-4-8(10)7(9)5-6/h6-7H,1,3-5H2,2H3/t6?,7?,9-/m1/s1. The Morgan fingerprint density at radius 1 is 1.70 bits per heavy atom. The van der Waals surface area contributed by atoms with E-state index in [9.17, 15) is 4.79 Å². The molecule has 0 saturated heterocycles. The molecule has 0 aromatic rings. The van der Waals surface area contributed by atoms with E-state index < -0.39 is 0 Å². The summed E-state index contributed by atoms with van der Waals surface area (Å²) in [6, 6.07) is 0. The molecule has 1 radical (unpaired) electrons. The summed E-state index contributed by atoms with van der Waals surface area (Å²) < 4.78 is 0. The number of carbonyl (C=O) groups excluding carboxylic acids is 1. The fourth-order valence-electron chi connectivity index (χ4n) is 2.38. The third-order valence-electron chi connectivity index (χ3n) is 3.38. The summed E-state index contributed by atoms with van der Waals surface area (Å²) in [5.41, 5.74) is 0.106. The number of hydrogen-bond donors (Lipinski definition) is 0. The first-order valence-electron chi connectivity index (χ1n) is 4.00. The molecule has 0 spiro atoms. The minimum atomic E-state index is 0.106. The Labute approximate surface area is 61.8 Å². The van der Waals surface area contributed by atoms with Crippen LogP contribution >= 0.6 is 0 Å². The maximum Gasteiger partial charge on any atom is 0.136 e. The van der Waals surface area contributed by atoms with Gasteiger partial charge in [-0.15, -0.1) is 0 Å². The van der Waals surface area contributed by atoms with Crippen molar-refractivity contribution in [2.75, 3.05) is 0 Å². The van der Waals surface area contributed by atoms with E-state index in [0.29, 0.717) is 11.7 Å². The van der Waals surface area contributed by atoms with Crippen LogP contribution in [0.3, 0.4) is 0 Å². The summed E-state index contributed by atoms with van der Waals surface area (Å²) in [5.74, 6) is 1.52. The van der Waals surface area contributed by atoms with Crippen LogP contribution in [0.1, 0.15) is 26.2 Å². The smallest absolute Gasteiger partial charge is 0.136 e. The predicted octanol–water partition coefficient (Wildman–Crippen LogP) is 1.83. The molecule has 55 valence electrons. The summed E-state index contributed by atoms with van der Waals surface area (Å²) >= 11 is 0. The summed E-state index contributed by atoms with van der Waals surface area (Å²) in [6.45, 7) is 6.22. The van der Waals surface area contributed by atoms with Crippen LogP contribution in [-0.2, 0) is 4.79 Å². The zero-order valence-electron chi connectivity index (χ0n) is 6.39. The third kappa shape index (κ3) is 0.561. The van der Waals surface area contributed by atoms with Crippen molar-refractivity contribution >= 4 is 5.78 Å². The van der Waals surface area contributed by atoms with Gasteiger partial charge in [-0.2, -0.15) is 0 Å². The highest BCUT2D eigenvalue weighted by Gasteiger charge is 2.54. The quantitative estimate of drug-likeness (QED) is 0.497. The van der Waals surface area contributed by atoms with Crippen molar-refractivity contribution in [3.05, 3.63) is 6.92 Å². The average Bonchev–Trinajstić information content (AvgIpc) is 1.87. The van der Waals surface area contributed by atoms with Crippen LogP contribution in [0.25, 0.3) is 0 Å². The van der Waals surface area contributed by atoms with E-state index in [1.807, 2.05) is 0 Å². The maximum absolute atomic E-state index is 11.2. The number of rotatable bonds is 0. The van der Waals surface area contributed by atoms with E-state index >= 15 is 0 Å². The first-order valence-corrected chi connectivity index (χ1v) is 4.00. The lowest BCUT2D eigenvalue weighted by atomic mass is 9.48. The van der Waals surface area contributed by atoms with Crippen LogP contribution in [-0.4, -0.2) is 5.78 Å². The van der Waals surface area contributed by atoms with Crippen molar-refractivity contribution in [1.29, 1.82) is 0 Å². The predicted molar refractivity (Wildman–Crippen MR) is 39.3 cm³/mol. The van der Waals surface area contributed by atoms with Gasteiger partial charge in [-0.25, -0.2) is 0 Å². The van der Waals surface area contributed by atoms with E-state index in [-0.39, 0.29) is 5.41 Å². The van der Waals surface area contributed by atoms with Gasteiger partial charge in [0.2, 0.25) is 0 Å². The van der Waals surface area contributed by atoms with Crippen LogP contribution in [0.2, 0.25) is 0 Å². The monoisotopic (exact) mass is 137 g/mol. The maximum atomic E-state index is 11.2. The zero-order valence-corrected chi connectivity index (χ0v) is 6.39. The molecule has 0 aliphatic heterocycles. The molecule has 3 rings (SSSR count). The van der Waals surface area contributed by atoms with Crippen LogP contribution < -0.4 is 0 Å². The first kappa shape index (κ1) is 6.38. The number of Topliss-reactive ketones (excluding diaryl/α,β-unsaturated/α-hetero) is 1. The van der Waals surface area contributed by atoms with Crippen LogP contribution in [0.4, 0.5) is 0 Å². The van der Waals surface area contributed by atoms with E-state index in [1.165, 1.54) is 0 Å². The second kappa shape index (κ2) is 1.63. The second-order valence-electron chi connectivity index (χ2n) is 4.00. The van der Waals surface area contributed by atoms with E-state index in [1.54, 1.807) is 0 Å². The Morgan fingerprint density at radius 3 is 2.70 bits per heavy atom. The highest BCUT2D eigenvalue weighted by Crippen LogP contribution is 2.57. The van der Waals surface area contributed by atoms with Crippen molar-refractivity contribution < 1.29 is 4.79 Å². The van der Waals surface area contributed by atoms with Crippen LogP contribution in [0.5, 0.6) is 0 Å². The summed E-state index contributed by atoms with van der Waals surface area (Å²) in [7, 11) is 0. The Balaban J connectivity index is 2.23. The Kier molecular flexibility index (Phi) is 1.04. The average molecular weight is 137 g/mol. The lowest BCUT2D eigenvalue weighted by molar-refractivity contribution is -0.144. The molecule has 2 unspecified atom stereocenters. The van der Waals surface area contributed by atoms with Gasteiger partial charge in [-0.1, -0.05) is 6.92 Å². The van der Waals surface area contributed by atoms with Gasteiger partial charge < -0.3 is 0 Å². The van der Waals surface area contributed by atoms with E-state index in [4.69, 9.17) is 0 Å². The van der Waals surface area contributed by atoms with E-state index in [0.717, 1.165) is 25.2 Å². The SMILES string of the molecule is [CH2][C@@]1(C)C2CCC(=O)C1C2. The third-order valence-corrected chi connectivity index (χ3v) is 3.38. The van der Waals surface area contributed by atoms with Crippen molar-refractivity contribution in [3.63, 3.8) is 0 Å². The normalized spacial score (nSPS) is 42.8. The molecule has 0 N–H and O–H groups in total. The van der Waals surface area contributed by atoms with Crippen LogP contribution in [0, 0.1) is 24.2 Å². The Bertz CT molecular complexity index is 179. The Hall–Kier alpha value is -0.330. The summed E-state index contributed by atoms with van der Waals surface area (Å²) in [6.07, 6.45) is 3.04. The number of fused-ring (bicyclic) bond motifs is 2. The molecule has 0 amide bonds. The first-order chi connectivity index (χ1) is 4.62. The lowest BCUT2D eigenvalue weighted by Crippen LogP contribution is -2.52. The Morgan fingerprint density at radius 2 is 2.40 bits per heavy atom. The van der Waals surface area contributed by atoms with Gasteiger partial charge in [0.1, 0.15) is 5.78 Å². The van der Waals surface area contributed by atoms with Gasteiger partial charge in [0.25, 0.3) is 0 Å². The van der Waals surface area contributed by atoms with Crippen molar-refractivity contribution in [2.45, 2.75) is 26.2 Å². The number of ketones is 1. The molecule has 10 heavy (non-hydrogen) atoms. The van der Waals surface area contributed by atoms with Gasteiger partial charge in [-0.3, -0.25) is 4.79 Å². The lowest BCUT2D eigenvalue weighted by Gasteiger charge is -2.55. The molecule has 1 nitrogen and oxygen atoms in total. The molecule has 3 saturated carbocycles. The minimum Gasteiger partial charge on any atom is -0.299 e. The van der Waals surface area contributed by atoms with Crippen molar-refractivity contribution in [2.24, 2.45) is 17.3 Å². The summed E-state index contributed by atoms with van der Waals surface area (Å²) in [4.78, 5) is 11.2. The molecule has 3 aliphatic rings. The van der Waals surface area contributed by atoms with E-state index in [2.05, 4.69) is 13.8 Å². The van der Waals surface area contributed by atoms with Gasteiger partial charge in [0, 0.05) is 12.3 Å². The summed E-state index contributed by atoms with van der Waals surface area (Å²) in [5, 5.41) is 0. The second-order valence-corrected chi connectivity index (χ2v) is 4.00. The fourth-order valence-corrected chi connectivity index (χ4v) is 2.38. The van der Waals surface area contributed by atoms with Gasteiger partial charge in [0.05, 0.1) is 0 Å². The highest BCUT2D eigenvalue weighted by molar-refractivity contribution is 5.84.